The molecule has 2 atom stereocenters. The van der Waals surface area contributed by atoms with Crippen molar-refractivity contribution in [2.75, 3.05) is 0 Å². The van der Waals surface area contributed by atoms with Crippen molar-refractivity contribution in [1.82, 2.24) is 0 Å². The van der Waals surface area contributed by atoms with Crippen molar-refractivity contribution in [3.05, 3.63) is 0 Å². The van der Waals surface area contributed by atoms with Crippen molar-refractivity contribution in [2.45, 2.75) is 69.5 Å². The van der Waals surface area contributed by atoms with Gasteiger partial charge in [-0.3, -0.25) is 0 Å². The maximum Gasteiger partial charge on any atom is 0.391 e. The number of nitrogens with two attached hydrogens (primary N) is 1. The van der Waals surface area contributed by atoms with Gasteiger partial charge in [0.2, 0.25) is 0 Å². The maximum atomic E-state index is 12.8. The first-order valence-corrected chi connectivity index (χ1v) is 6.77. The molecule has 2 rings (SSSR count). The second-order valence-corrected chi connectivity index (χ2v) is 5.90. The summed E-state index contributed by atoms with van der Waals surface area (Å²) >= 11 is 0. The molecule has 2 saturated carbocycles. The second-order valence-electron chi connectivity index (χ2n) is 5.90. The molecule has 0 spiro atoms. The van der Waals surface area contributed by atoms with Crippen molar-refractivity contribution in [1.29, 1.82) is 0 Å². The lowest BCUT2D eigenvalue weighted by Gasteiger charge is -2.45. The number of alkyl halides is 3. The van der Waals surface area contributed by atoms with Crippen LogP contribution in [0.1, 0.15) is 57.8 Å². The van der Waals surface area contributed by atoms with E-state index in [4.69, 9.17) is 5.73 Å². The molecule has 1 nitrogen and oxygen atoms in total. The molecule has 2 aliphatic carbocycles. The van der Waals surface area contributed by atoms with Crippen LogP contribution in [0, 0.1) is 11.8 Å². The van der Waals surface area contributed by atoms with Crippen LogP contribution in [0.5, 0.6) is 0 Å². The SMILES string of the molecule is NC1(C2CCCCC2)CCCC(C(F)(F)F)C1. The van der Waals surface area contributed by atoms with E-state index < -0.39 is 17.6 Å². The fraction of sp³-hybridized carbons (Fsp3) is 1.00. The molecule has 0 heterocycles. The van der Waals surface area contributed by atoms with Gasteiger partial charge in [0.15, 0.2) is 0 Å². The van der Waals surface area contributed by atoms with E-state index in [0.717, 1.165) is 32.1 Å². The Balaban J connectivity index is 2.03. The summed E-state index contributed by atoms with van der Waals surface area (Å²) in [5, 5.41) is 0. The molecule has 4 heteroatoms. The Morgan fingerprint density at radius 3 is 2.18 bits per heavy atom. The molecule has 2 unspecified atom stereocenters. The Labute approximate surface area is 101 Å². The summed E-state index contributed by atoms with van der Waals surface area (Å²) < 4.78 is 38.4. The van der Waals surface area contributed by atoms with Crippen LogP contribution in [0.25, 0.3) is 0 Å². The highest BCUT2D eigenvalue weighted by atomic mass is 19.4. The van der Waals surface area contributed by atoms with Crippen molar-refractivity contribution >= 4 is 0 Å². The Morgan fingerprint density at radius 2 is 1.59 bits per heavy atom. The van der Waals surface area contributed by atoms with Crippen LogP contribution in [0.2, 0.25) is 0 Å². The van der Waals surface area contributed by atoms with Gasteiger partial charge in [-0.05, 0) is 38.0 Å². The van der Waals surface area contributed by atoms with Gasteiger partial charge in [0.05, 0.1) is 5.92 Å². The molecule has 0 aromatic heterocycles. The molecule has 2 N–H and O–H groups in total. The highest BCUT2D eigenvalue weighted by Gasteiger charge is 2.48. The largest absolute Gasteiger partial charge is 0.391 e. The van der Waals surface area contributed by atoms with E-state index in [0.29, 0.717) is 12.3 Å². The van der Waals surface area contributed by atoms with Gasteiger partial charge in [0.25, 0.3) is 0 Å². The van der Waals surface area contributed by atoms with Gasteiger partial charge in [-0.2, -0.15) is 13.2 Å². The molecule has 17 heavy (non-hydrogen) atoms. The second kappa shape index (κ2) is 4.79. The third-order valence-corrected chi connectivity index (χ3v) is 4.70. The number of rotatable bonds is 1. The van der Waals surface area contributed by atoms with Gasteiger partial charge in [-0.1, -0.05) is 25.7 Å². The molecule has 0 amide bonds. The predicted octanol–water partition coefficient (Wildman–Crippen LogP) is 4.02. The normalized spacial score (nSPS) is 37.1. The fourth-order valence-electron chi connectivity index (χ4n) is 3.67. The predicted molar refractivity (Wildman–Crippen MR) is 61.5 cm³/mol. The van der Waals surface area contributed by atoms with Gasteiger partial charge in [0, 0.05) is 5.54 Å². The van der Waals surface area contributed by atoms with Gasteiger partial charge in [-0.15, -0.1) is 0 Å². The van der Waals surface area contributed by atoms with Crippen molar-refractivity contribution < 1.29 is 13.2 Å². The van der Waals surface area contributed by atoms with Gasteiger partial charge >= 0.3 is 6.18 Å². The minimum Gasteiger partial charge on any atom is -0.325 e. The van der Waals surface area contributed by atoms with Crippen LogP contribution in [0.15, 0.2) is 0 Å². The van der Waals surface area contributed by atoms with Gasteiger partial charge in [0.1, 0.15) is 0 Å². The molecule has 100 valence electrons. The lowest BCUT2D eigenvalue weighted by molar-refractivity contribution is -0.189. The Morgan fingerprint density at radius 1 is 0.941 bits per heavy atom. The smallest absolute Gasteiger partial charge is 0.325 e. The first-order valence-electron chi connectivity index (χ1n) is 6.77. The molecule has 2 aliphatic rings. The standard InChI is InChI=1S/C13H22F3N/c14-13(15,16)11-7-4-8-12(17,9-11)10-5-2-1-3-6-10/h10-11H,1-9,17H2. The summed E-state index contributed by atoms with van der Waals surface area (Å²) in [6, 6.07) is 0. The number of hydrogen-bond acceptors (Lipinski definition) is 1. The summed E-state index contributed by atoms with van der Waals surface area (Å²) in [6.45, 7) is 0. The maximum absolute atomic E-state index is 12.8. The summed E-state index contributed by atoms with van der Waals surface area (Å²) in [7, 11) is 0. The summed E-state index contributed by atoms with van der Waals surface area (Å²) in [6.07, 6.45) is 3.34. The fourth-order valence-corrected chi connectivity index (χ4v) is 3.67. The van der Waals surface area contributed by atoms with E-state index in [1.807, 2.05) is 0 Å². The lowest BCUT2D eigenvalue weighted by Crippen LogP contribution is -2.53. The van der Waals surface area contributed by atoms with Crippen LogP contribution < -0.4 is 5.73 Å². The first kappa shape index (κ1) is 13.2. The van der Waals surface area contributed by atoms with Crippen LogP contribution in [0.3, 0.4) is 0 Å². The number of halogens is 3. The summed E-state index contributed by atoms with van der Waals surface area (Å²) in [4.78, 5) is 0. The van der Waals surface area contributed by atoms with Crippen molar-refractivity contribution in [3.63, 3.8) is 0 Å². The van der Waals surface area contributed by atoms with Gasteiger partial charge < -0.3 is 5.73 Å². The Bertz CT molecular complexity index is 258. The molecule has 0 bridgehead atoms. The zero-order chi connectivity index (χ0) is 12.5. The highest BCUT2D eigenvalue weighted by molar-refractivity contribution is 4.98. The molecule has 0 radical (unpaired) electrons. The Hall–Kier alpha value is -0.250. The van der Waals surface area contributed by atoms with Crippen LogP contribution in [-0.4, -0.2) is 11.7 Å². The first-order chi connectivity index (χ1) is 7.92. The third-order valence-electron chi connectivity index (χ3n) is 4.70. The molecule has 0 aromatic carbocycles. The van der Waals surface area contributed by atoms with Crippen LogP contribution in [0.4, 0.5) is 13.2 Å². The van der Waals surface area contributed by atoms with E-state index in [2.05, 4.69) is 0 Å². The van der Waals surface area contributed by atoms with Crippen LogP contribution in [-0.2, 0) is 0 Å². The quantitative estimate of drug-likeness (QED) is 0.746. The van der Waals surface area contributed by atoms with Crippen molar-refractivity contribution in [2.24, 2.45) is 17.6 Å². The molecule has 2 fully saturated rings. The topological polar surface area (TPSA) is 26.0 Å². The van der Waals surface area contributed by atoms with E-state index in [9.17, 15) is 13.2 Å². The average Bonchev–Trinajstić information content (AvgIpc) is 2.29. The van der Waals surface area contributed by atoms with Crippen LogP contribution >= 0.6 is 0 Å². The van der Waals surface area contributed by atoms with Crippen molar-refractivity contribution in [3.8, 4) is 0 Å². The zero-order valence-corrected chi connectivity index (χ0v) is 10.2. The van der Waals surface area contributed by atoms with E-state index in [1.165, 1.54) is 6.42 Å². The zero-order valence-electron chi connectivity index (χ0n) is 10.2. The van der Waals surface area contributed by atoms with E-state index in [-0.39, 0.29) is 12.8 Å². The third kappa shape index (κ3) is 2.95. The molecule has 0 aromatic rings. The lowest BCUT2D eigenvalue weighted by atomic mass is 9.65. The molecule has 0 saturated heterocycles. The minimum absolute atomic E-state index is 0.154. The minimum atomic E-state index is -4.06. The molecule has 0 aliphatic heterocycles. The highest BCUT2D eigenvalue weighted by Crippen LogP contribution is 2.46. The van der Waals surface area contributed by atoms with Gasteiger partial charge in [-0.25, -0.2) is 0 Å². The Kier molecular flexibility index (Phi) is 3.71. The van der Waals surface area contributed by atoms with E-state index >= 15 is 0 Å². The summed E-state index contributed by atoms with van der Waals surface area (Å²) in [5.74, 6) is -0.843. The molecular weight excluding hydrogens is 227 g/mol. The monoisotopic (exact) mass is 249 g/mol. The summed E-state index contributed by atoms with van der Waals surface area (Å²) in [5.41, 5.74) is 5.78. The molecular formula is C13H22F3N. The van der Waals surface area contributed by atoms with E-state index in [1.54, 1.807) is 0 Å². The average molecular weight is 249 g/mol. The number of hydrogen-bond donors (Lipinski definition) is 1.